The fourth-order valence-electron chi connectivity index (χ4n) is 2.94. The van der Waals surface area contributed by atoms with Gasteiger partial charge in [-0.05, 0) is 19.1 Å². The van der Waals surface area contributed by atoms with E-state index in [4.69, 9.17) is 5.26 Å². The van der Waals surface area contributed by atoms with E-state index in [-0.39, 0.29) is 33.9 Å². The molecule has 0 amide bonds. The molecular formula is C19H6F10MnN4O2. The van der Waals surface area contributed by atoms with E-state index < -0.39 is 86.7 Å². The summed E-state index contributed by atoms with van der Waals surface area (Å²) in [5.74, 6) is -12.2. The molecule has 0 bridgehead atoms. The van der Waals surface area contributed by atoms with Crippen LogP contribution < -0.4 is 0 Å². The quantitative estimate of drug-likeness (QED) is 0.209. The first-order valence-corrected chi connectivity index (χ1v) is 8.76. The van der Waals surface area contributed by atoms with Gasteiger partial charge in [0.25, 0.3) is 0 Å². The molecule has 3 rings (SSSR count). The van der Waals surface area contributed by atoms with Crippen LogP contribution in [-0.4, -0.2) is 25.7 Å². The van der Waals surface area contributed by atoms with Gasteiger partial charge >= 0.3 is 12.4 Å². The predicted octanol–water partition coefficient (Wildman–Crippen LogP) is 4.98. The molecule has 0 aliphatic carbocycles. The van der Waals surface area contributed by atoms with Gasteiger partial charge in [0.15, 0.2) is 23.3 Å². The Bertz CT molecular complexity index is 1360. The van der Waals surface area contributed by atoms with E-state index in [0.717, 1.165) is 13.0 Å². The molecule has 0 saturated carbocycles. The number of hydrogen-bond acceptors (Lipinski definition) is 5. The molecule has 0 saturated heterocycles. The molecule has 3 aromatic rings. The van der Waals surface area contributed by atoms with Crippen LogP contribution in [0.1, 0.15) is 38.6 Å². The molecule has 191 valence electrons. The Balaban J connectivity index is 0.00000456. The van der Waals surface area contributed by atoms with Crippen LogP contribution in [0.5, 0.6) is 5.88 Å². The third-order valence-electron chi connectivity index (χ3n) is 4.50. The molecule has 6 nitrogen and oxygen atoms in total. The Labute approximate surface area is 203 Å². The summed E-state index contributed by atoms with van der Waals surface area (Å²) >= 11 is 0. The van der Waals surface area contributed by atoms with Gasteiger partial charge in [-0.25, -0.2) is 22.5 Å². The largest absolute Gasteiger partial charge is 0.493 e. The average molecular weight is 567 g/mol. The van der Waals surface area contributed by atoms with Crippen LogP contribution >= 0.6 is 0 Å². The number of aromatic nitrogens is 3. The van der Waals surface area contributed by atoms with Crippen LogP contribution in [0.15, 0.2) is 12.1 Å². The standard InChI is InChI=1S/C19H6F10N4O2.Mn/c1-5-10(16(34)6-2-8(18(24,25)26)31-9(3-6)19(27,28)29)17(35)33(32-5)15-13(22)11(20)7(4-30)12(21)14(15)23;/h2-3,35H,1H3;. The van der Waals surface area contributed by atoms with Crippen molar-refractivity contribution in [3.63, 3.8) is 0 Å². The van der Waals surface area contributed by atoms with Crippen molar-refractivity contribution in [2.45, 2.75) is 19.3 Å². The molecular weight excluding hydrogens is 561 g/mol. The van der Waals surface area contributed by atoms with Crippen molar-refractivity contribution in [1.82, 2.24) is 14.8 Å². The number of alkyl halides is 6. The Kier molecular flexibility index (Phi) is 7.49. The van der Waals surface area contributed by atoms with Crippen molar-refractivity contribution in [3.8, 4) is 17.6 Å². The van der Waals surface area contributed by atoms with Gasteiger partial charge in [0.05, 0.1) is 5.69 Å². The second kappa shape index (κ2) is 9.43. The Morgan fingerprint density at radius 2 is 1.39 bits per heavy atom. The van der Waals surface area contributed by atoms with Crippen LogP contribution in [0.25, 0.3) is 5.69 Å². The van der Waals surface area contributed by atoms with Gasteiger partial charge in [-0.2, -0.15) is 41.4 Å². The van der Waals surface area contributed by atoms with Gasteiger partial charge < -0.3 is 5.11 Å². The predicted molar refractivity (Wildman–Crippen MR) is 92.2 cm³/mol. The average Bonchev–Trinajstić information content (AvgIpc) is 3.04. The number of nitrogens with zero attached hydrogens (tertiary/aromatic N) is 4. The number of halogens is 10. The molecule has 2 heterocycles. The molecule has 0 aliphatic heterocycles. The van der Waals surface area contributed by atoms with E-state index in [9.17, 15) is 53.8 Å². The third kappa shape index (κ3) is 4.73. The van der Waals surface area contributed by atoms with Crippen molar-refractivity contribution < 1.29 is 70.9 Å². The smallest absolute Gasteiger partial charge is 0.433 e. The topological polar surface area (TPSA) is 91.8 Å². The summed E-state index contributed by atoms with van der Waals surface area (Å²) in [7, 11) is 0. The molecule has 0 spiro atoms. The summed E-state index contributed by atoms with van der Waals surface area (Å²) in [6, 6.07) is 0.717. The SMILES string of the molecule is Cc1nn(-c2c(F)c(F)c(C#N)c(F)c2F)c(O)c1C(=O)c1cc(C(F)(F)F)nc(C(F)(F)F)c1.[Mn]. The number of aryl methyl sites for hydroxylation is 1. The van der Waals surface area contributed by atoms with Gasteiger partial charge in [-0.3, -0.25) is 4.79 Å². The van der Waals surface area contributed by atoms with Crippen LogP contribution in [0.3, 0.4) is 0 Å². The number of carbonyl (C=O) groups excluding carboxylic acids is 1. The molecule has 0 unspecified atom stereocenters. The molecule has 0 aliphatic rings. The Morgan fingerprint density at radius 3 is 1.78 bits per heavy atom. The number of pyridine rings is 1. The summed E-state index contributed by atoms with van der Waals surface area (Å²) in [5.41, 5.74) is -10.8. The summed E-state index contributed by atoms with van der Waals surface area (Å²) < 4.78 is 135. The molecule has 2 aromatic heterocycles. The second-order valence-electron chi connectivity index (χ2n) is 6.74. The van der Waals surface area contributed by atoms with E-state index in [1.165, 1.54) is 0 Å². The first-order valence-electron chi connectivity index (χ1n) is 8.76. The van der Waals surface area contributed by atoms with Crippen molar-refractivity contribution >= 4 is 5.78 Å². The molecule has 0 fully saturated rings. The second-order valence-corrected chi connectivity index (χ2v) is 6.74. The maximum atomic E-state index is 14.3. The van der Waals surface area contributed by atoms with Crippen LogP contribution in [0, 0.1) is 41.5 Å². The number of hydrogen-bond donors (Lipinski definition) is 1. The van der Waals surface area contributed by atoms with Gasteiger partial charge in [0, 0.05) is 22.6 Å². The molecule has 1 N–H and O–H groups in total. The number of benzene rings is 1. The van der Waals surface area contributed by atoms with Crippen molar-refractivity contribution in [2.24, 2.45) is 0 Å². The molecule has 36 heavy (non-hydrogen) atoms. The maximum Gasteiger partial charge on any atom is 0.433 e. The fourth-order valence-corrected chi connectivity index (χ4v) is 2.94. The summed E-state index contributed by atoms with van der Waals surface area (Å²) in [4.78, 5) is 15.2. The van der Waals surface area contributed by atoms with Gasteiger partial charge in [-0.15, -0.1) is 0 Å². The molecule has 0 atom stereocenters. The summed E-state index contributed by atoms with van der Waals surface area (Å²) in [5, 5.41) is 22.2. The molecule has 17 heteroatoms. The normalized spacial score (nSPS) is 11.7. The van der Waals surface area contributed by atoms with Crippen molar-refractivity contribution in [1.29, 1.82) is 5.26 Å². The number of nitriles is 1. The zero-order valence-electron chi connectivity index (χ0n) is 17.0. The van der Waals surface area contributed by atoms with E-state index in [2.05, 4.69) is 10.1 Å². The Hall–Kier alpha value is -3.64. The summed E-state index contributed by atoms with van der Waals surface area (Å²) in [6.07, 6.45) is -10.9. The fraction of sp³-hybridized carbons (Fsp3) is 0.158. The van der Waals surface area contributed by atoms with E-state index >= 15 is 0 Å². The van der Waals surface area contributed by atoms with E-state index in [1.807, 2.05) is 0 Å². The first-order chi connectivity index (χ1) is 16.0. The zero-order chi connectivity index (χ0) is 26.6. The van der Waals surface area contributed by atoms with Gasteiger partial charge in [0.2, 0.25) is 11.7 Å². The number of ketones is 1. The number of rotatable bonds is 3. The van der Waals surface area contributed by atoms with Crippen LogP contribution in [0.2, 0.25) is 0 Å². The minimum atomic E-state index is -5.43. The molecule has 1 aromatic carbocycles. The number of carbonyl (C=O) groups is 1. The zero-order valence-corrected chi connectivity index (χ0v) is 18.1. The van der Waals surface area contributed by atoms with Crippen molar-refractivity contribution in [3.05, 3.63) is 69.2 Å². The van der Waals surface area contributed by atoms with E-state index in [1.54, 1.807) is 0 Å². The van der Waals surface area contributed by atoms with Gasteiger partial charge in [0.1, 0.15) is 34.3 Å². The molecule has 1 radical (unpaired) electrons. The monoisotopic (exact) mass is 567 g/mol. The summed E-state index contributed by atoms with van der Waals surface area (Å²) in [6.45, 7) is 0.853. The van der Waals surface area contributed by atoms with Crippen LogP contribution in [0.4, 0.5) is 43.9 Å². The minimum Gasteiger partial charge on any atom is -0.493 e. The minimum absolute atomic E-state index is 0. The van der Waals surface area contributed by atoms with Crippen LogP contribution in [-0.2, 0) is 29.4 Å². The van der Waals surface area contributed by atoms with E-state index in [0.29, 0.717) is 0 Å². The Morgan fingerprint density at radius 1 is 0.944 bits per heavy atom. The third-order valence-corrected chi connectivity index (χ3v) is 4.50. The van der Waals surface area contributed by atoms with Gasteiger partial charge in [-0.1, -0.05) is 0 Å². The maximum absolute atomic E-state index is 14.3. The number of aromatic hydroxyl groups is 1. The van der Waals surface area contributed by atoms with Crippen molar-refractivity contribution in [2.75, 3.05) is 0 Å². The first kappa shape index (κ1) is 28.6.